The zero-order valence-corrected chi connectivity index (χ0v) is 29.1. The number of aliphatic hydroxyl groups is 1. The summed E-state index contributed by atoms with van der Waals surface area (Å²) in [7, 11) is 1.59. The summed E-state index contributed by atoms with van der Waals surface area (Å²) in [4.78, 5) is 51.5. The van der Waals surface area contributed by atoms with E-state index >= 15 is 0 Å². The normalized spacial score (nSPS) is 15.8. The third kappa shape index (κ3) is 15.4. The molecule has 1 aromatic carbocycles. The van der Waals surface area contributed by atoms with Crippen LogP contribution in [0.4, 0.5) is 15.3 Å². The van der Waals surface area contributed by atoms with Crippen LogP contribution in [0.1, 0.15) is 111 Å². The number of amides is 3. The highest BCUT2D eigenvalue weighted by Crippen LogP contribution is 2.29. The highest BCUT2D eigenvalue weighted by molar-refractivity contribution is 5.88. The maximum atomic E-state index is 12.6. The maximum absolute atomic E-state index is 12.6. The Morgan fingerprint density at radius 3 is 2.02 bits per heavy atom. The van der Waals surface area contributed by atoms with Crippen molar-refractivity contribution in [3.05, 3.63) is 29.8 Å². The maximum Gasteiger partial charge on any atom is 0.419 e. The molecule has 0 bridgehead atoms. The zero-order valence-electron chi connectivity index (χ0n) is 29.1. The molecule has 2 rings (SSSR count). The largest absolute Gasteiger partial charge is 0.443 e. The van der Waals surface area contributed by atoms with Gasteiger partial charge in [0.25, 0.3) is 0 Å². The average Bonchev–Trinajstić information content (AvgIpc) is 2.97. The first-order valence-corrected chi connectivity index (χ1v) is 16.8. The number of hydrogen-bond donors (Lipinski definition) is 3. The molecule has 260 valence electrons. The van der Waals surface area contributed by atoms with Crippen LogP contribution in [0.2, 0.25) is 0 Å². The molecule has 3 amide bonds. The molecule has 1 aliphatic rings. The molecule has 3 N–H and O–H groups in total. The quantitative estimate of drug-likeness (QED) is 0.149. The van der Waals surface area contributed by atoms with Gasteiger partial charge >= 0.3 is 12.2 Å². The van der Waals surface area contributed by atoms with Crippen molar-refractivity contribution in [2.24, 2.45) is 0 Å². The Balaban J connectivity index is 1.68. The van der Waals surface area contributed by atoms with E-state index in [0.29, 0.717) is 38.1 Å². The van der Waals surface area contributed by atoms with Gasteiger partial charge in [-0.25, -0.2) is 14.5 Å². The summed E-state index contributed by atoms with van der Waals surface area (Å²) in [5, 5.41) is 16.4. The second-order valence-corrected chi connectivity index (χ2v) is 14.3. The number of aliphatic hydroxyl groups excluding tert-OH is 1. The Morgan fingerprint density at radius 2 is 1.50 bits per heavy atom. The fraction of sp³-hybridized carbons (Fsp3) is 0.714. The number of nitrogens with zero attached hydrogens (tertiary/aromatic N) is 2. The number of hydrogen-bond acceptors (Lipinski definition) is 9. The van der Waals surface area contributed by atoms with E-state index in [1.165, 1.54) is 5.56 Å². The van der Waals surface area contributed by atoms with E-state index in [1.54, 1.807) is 48.6 Å². The molecular formula is C35H58N4O7. The van der Waals surface area contributed by atoms with Gasteiger partial charge in [-0.15, -0.1) is 0 Å². The van der Waals surface area contributed by atoms with Gasteiger partial charge in [0.2, 0.25) is 5.91 Å². The van der Waals surface area contributed by atoms with Gasteiger partial charge in [-0.3, -0.25) is 4.79 Å². The van der Waals surface area contributed by atoms with Gasteiger partial charge in [-0.2, -0.15) is 0 Å². The lowest BCUT2D eigenvalue weighted by Crippen LogP contribution is -2.44. The van der Waals surface area contributed by atoms with Crippen LogP contribution in [0.5, 0.6) is 0 Å². The summed E-state index contributed by atoms with van der Waals surface area (Å²) >= 11 is 0. The number of ether oxygens (including phenoxy) is 2. The Hall–Kier alpha value is -3.18. The number of rotatable bonds is 16. The van der Waals surface area contributed by atoms with Crippen molar-refractivity contribution < 1.29 is 33.8 Å². The van der Waals surface area contributed by atoms with Crippen molar-refractivity contribution in [1.82, 2.24) is 15.1 Å². The van der Waals surface area contributed by atoms with Crippen molar-refractivity contribution >= 4 is 30.1 Å². The molecule has 11 heteroatoms. The number of carbonyl (C=O) groups is 4. The lowest BCUT2D eigenvalue weighted by Gasteiger charge is -2.33. The first-order valence-electron chi connectivity index (χ1n) is 16.8. The van der Waals surface area contributed by atoms with E-state index in [-0.39, 0.29) is 12.5 Å². The van der Waals surface area contributed by atoms with Crippen LogP contribution in [0.15, 0.2) is 24.3 Å². The Kier molecular flexibility index (Phi) is 16.0. The monoisotopic (exact) mass is 646 g/mol. The molecule has 0 saturated carbocycles. The van der Waals surface area contributed by atoms with Crippen LogP contribution in [0, 0.1) is 0 Å². The summed E-state index contributed by atoms with van der Waals surface area (Å²) in [6.45, 7) is 13.3. The van der Waals surface area contributed by atoms with Gasteiger partial charge in [0.05, 0.1) is 12.1 Å². The minimum absolute atomic E-state index is 0.0822. The van der Waals surface area contributed by atoms with E-state index in [9.17, 15) is 24.3 Å². The number of piperidine rings is 1. The van der Waals surface area contributed by atoms with Crippen molar-refractivity contribution in [2.75, 3.05) is 38.5 Å². The van der Waals surface area contributed by atoms with Crippen molar-refractivity contribution in [1.29, 1.82) is 0 Å². The molecule has 2 unspecified atom stereocenters. The van der Waals surface area contributed by atoms with Gasteiger partial charge in [-0.05, 0) is 110 Å². The first kappa shape index (κ1) is 39.0. The number of nitrogens with one attached hydrogen (secondary N) is 2. The molecule has 1 fully saturated rings. The molecule has 0 aliphatic carbocycles. The third-order valence-corrected chi connectivity index (χ3v) is 7.81. The van der Waals surface area contributed by atoms with E-state index in [2.05, 4.69) is 27.7 Å². The molecule has 1 aromatic rings. The van der Waals surface area contributed by atoms with Crippen molar-refractivity contribution in [3.63, 3.8) is 0 Å². The Labute approximate surface area is 275 Å². The second-order valence-electron chi connectivity index (χ2n) is 14.3. The number of aldehydes is 1. The van der Waals surface area contributed by atoms with Gasteiger partial charge in [-0.1, -0.05) is 31.4 Å². The molecule has 0 aromatic heterocycles. The van der Waals surface area contributed by atoms with Crippen molar-refractivity contribution in [3.8, 4) is 0 Å². The number of benzene rings is 1. The van der Waals surface area contributed by atoms with Gasteiger partial charge < -0.3 is 34.9 Å². The van der Waals surface area contributed by atoms with E-state index in [1.807, 2.05) is 12.1 Å². The minimum atomic E-state index is -0.717. The van der Waals surface area contributed by atoms with Crippen LogP contribution < -0.4 is 10.6 Å². The smallest absolute Gasteiger partial charge is 0.419 e. The molecule has 1 saturated heterocycles. The van der Waals surface area contributed by atoms with Crippen LogP contribution in [-0.4, -0.2) is 95.9 Å². The molecule has 1 heterocycles. The van der Waals surface area contributed by atoms with Gasteiger partial charge in [0.15, 0.2) is 0 Å². The molecule has 1 aliphatic heterocycles. The fourth-order valence-corrected chi connectivity index (χ4v) is 5.38. The molecule has 11 nitrogen and oxygen atoms in total. The lowest BCUT2D eigenvalue weighted by atomic mass is 9.89. The molecular weight excluding hydrogens is 588 g/mol. The Morgan fingerprint density at radius 1 is 0.935 bits per heavy atom. The average molecular weight is 647 g/mol. The van der Waals surface area contributed by atoms with Crippen LogP contribution in [0.3, 0.4) is 0 Å². The number of unbranched alkanes of at least 4 members (excludes halogenated alkanes) is 3. The molecule has 0 spiro atoms. The van der Waals surface area contributed by atoms with E-state index < -0.39 is 35.5 Å². The lowest BCUT2D eigenvalue weighted by molar-refractivity contribution is -0.120. The highest BCUT2D eigenvalue weighted by atomic mass is 16.6. The summed E-state index contributed by atoms with van der Waals surface area (Å²) in [5.74, 6) is 0.375. The van der Waals surface area contributed by atoms with E-state index in [0.717, 1.165) is 62.1 Å². The Bertz CT molecular complexity index is 1060. The first-order chi connectivity index (χ1) is 21.6. The molecule has 0 radical (unpaired) electrons. The van der Waals surface area contributed by atoms with Gasteiger partial charge in [0, 0.05) is 32.2 Å². The summed E-state index contributed by atoms with van der Waals surface area (Å²) in [6, 6.07) is 7.80. The molecule has 2 atom stereocenters. The summed E-state index contributed by atoms with van der Waals surface area (Å²) in [6.07, 6.45) is 5.76. The topological polar surface area (TPSA) is 138 Å². The minimum Gasteiger partial charge on any atom is -0.443 e. The third-order valence-electron chi connectivity index (χ3n) is 7.81. The molecule has 46 heavy (non-hydrogen) atoms. The van der Waals surface area contributed by atoms with Crippen LogP contribution >= 0.6 is 0 Å². The summed E-state index contributed by atoms with van der Waals surface area (Å²) < 4.78 is 10.8. The number of β-amino-alcohol motifs (C(OH)–C–C–N with tert-alkyl or cyclic N) is 1. The predicted octanol–water partition coefficient (Wildman–Crippen LogP) is 5.86. The highest BCUT2D eigenvalue weighted by Gasteiger charge is 2.30. The zero-order chi connectivity index (χ0) is 34.3. The van der Waals surface area contributed by atoms with Crippen molar-refractivity contribution in [2.45, 2.75) is 129 Å². The number of imide groups is 1. The predicted molar refractivity (Wildman–Crippen MR) is 180 cm³/mol. The second kappa shape index (κ2) is 18.8. The van der Waals surface area contributed by atoms with Crippen LogP contribution in [-0.2, 0) is 19.1 Å². The SMILES string of the molecule is CNC(=O)CCC(C=O)Nc1ccc(C2CCN(CC(O)CCCCCCN(C(=O)OC(C)(C)C)C(=O)OC(C)(C)C)CC2)cc1. The van der Waals surface area contributed by atoms with E-state index in [4.69, 9.17) is 9.47 Å². The summed E-state index contributed by atoms with van der Waals surface area (Å²) in [5.41, 5.74) is 0.703. The number of anilines is 1. The van der Waals surface area contributed by atoms with Gasteiger partial charge in [0.1, 0.15) is 17.5 Å². The standard InChI is InChI=1S/C35H58N4O7/c1-34(2,3)45-32(43)39(33(44)46-35(4,5)6)21-11-9-8-10-12-30(41)24-38-22-19-27(20-23-38)26-13-15-28(16-14-26)37-29(25-40)17-18-31(42)36-7/h13-16,25,27,29-30,37,41H,8-12,17-24H2,1-7H3,(H,36,42). The number of carbonyl (C=O) groups excluding carboxylic acids is 4. The van der Waals surface area contributed by atoms with Crippen LogP contribution in [0.25, 0.3) is 0 Å². The number of likely N-dealkylation sites (tertiary alicyclic amines) is 1. The fourth-order valence-electron chi connectivity index (χ4n) is 5.38.